The normalized spacial score (nSPS) is 10.4. The van der Waals surface area contributed by atoms with Crippen molar-refractivity contribution < 1.29 is 9.34 Å². The zero-order valence-corrected chi connectivity index (χ0v) is 11.4. The Morgan fingerprint density at radius 2 is 2.32 bits per heavy atom. The fourth-order valence-electron chi connectivity index (χ4n) is 1.60. The fourth-order valence-corrected chi connectivity index (χ4v) is 2.50. The van der Waals surface area contributed by atoms with Gasteiger partial charge in [0.2, 0.25) is 0 Å². The van der Waals surface area contributed by atoms with Crippen LogP contribution in [-0.2, 0) is 0 Å². The van der Waals surface area contributed by atoms with Gasteiger partial charge in [0.1, 0.15) is 12.0 Å². The summed E-state index contributed by atoms with van der Waals surface area (Å²) in [6.45, 7) is 4.31. The van der Waals surface area contributed by atoms with Crippen LogP contribution in [-0.4, -0.2) is 16.5 Å². The van der Waals surface area contributed by atoms with Crippen LogP contribution in [0.1, 0.15) is 12.6 Å². The lowest BCUT2D eigenvalue weighted by atomic mass is 10.2. The van der Waals surface area contributed by atoms with E-state index in [0.717, 1.165) is 17.5 Å². The summed E-state index contributed by atoms with van der Waals surface area (Å²) in [5.74, 6) is 0. The standard InChI is InChI=1S/C12H13N3O3S/c1-3-13-9-5-4-6-10(11(9)15(16)17)19-12-14-8(2)7-18-12/h4-7,13H,3H2,1-2H3. The second kappa shape index (κ2) is 5.75. The number of nitrogens with zero attached hydrogens (tertiary/aromatic N) is 2. The molecule has 0 saturated heterocycles. The summed E-state index contributed by atoms with van der Waals surface area (Å²) in [6, 6.07) is 5.14. The maximum atomic E-state index is 11.2. The molecule has 1 aromatic heterocycles. The van der Waals surface area contributed by atoms with Crippen LogP contribution in [0.5, 0.6) is 0 Å². The van der Waals surface area contributed by atoms with Crippen LogP contribution >= 0.6 is 11.8 Å². The van der Waals surface area contributed by atoms with Crippen molar-refractivity contribution in [2.45, 2.75) is 24.0 Å². The van der Waals surface area contributed by atoms with E-state index in [1.165, 1.54) is 6.26 Å². The van der Waals surface area contributed by atoms with Gasteiger partial charge >= 0.3 is 5.69 Å². The van der Waals surface area contributed by atoms with Gasteiger partial charge in [-0.3, -0.25) is 10.1 Å². The first-order valence-corrected chi connectivity index (χ1v) is 6.54. The molecule has 0 fully saturated rings. The lowest BCUT2D eigenvalue weighted by Crippen LogP contribution is -2.02. The van der Waals surface area contributed by atoms with E-state index in [0.29, 0.717) is 22.4 Å². The van der Waals surface area contributed by atoms with E-state index in [1.54, 1.807) is 25.1 Å². The van der Waals surface area contributed by atoms with E-state index < -0.39 is 4.92 Å². The summed E-state index contributed by atoms with van der Waals surface area (Å²) < 4.78 is 5.21. The van der Waals surface area contributed by atoms with Crippen LogP contribution in [0.3, 0.4) is 0 Å². The number of nitro groups is 1. The molecule has 1 heterocycles. The molecule has 1 N–H and O–H groups in total. The Bertz CT molecular complexity index is 598. The molecule has 0 aliphatic heterocycles. The van der Waals surface area contributed by atoms with Gasteiger partial charge in [0.15, 0.2) is 0 Å². The minimum Gasteiger partial charge on any atom is -0.439 e. The van der Waals surface area contributed by atoms with Crippen molar-refractivity contribution in [3.8, 4) is 0 Å². The Kier molecular flexibility index (Phi) is 4.06. The minimum atomic E-state index is -0.393. The zero-order chi connectivity index (χ0) is 13.8. The van der Waals surface area contributed by atoms with Gasteiger partial charge in [-0.15, -0.1) is 0 Å². The lowest BCUT2D eigenvalue weighted by Gasteiger charge is -2.07. The fraction of sp³-hybridized carbons (Fsp3) is 0.250. The average molecular weight is 279 g/mol. The summed E-state index contributed by atoms with van der Waals surface area (Å²) in [7, 11) is 0. The third-order valence-electron chi connectivity index (χ3n) is 2.34. The topological polar surface area (TPSA) is 81.2 Å². The summed E-state index contributed by atoms with van der Waals surface area (Å²) in [5, 5.41) is 14.6. The highest BCUT2D eigenvalue weighted by molar-refractivity contribution is 7.99. The number of oxazole rings is 1. The van der Waals surface area contributed by atoms with Gasteiger partial charge in [-0.05, 0) is 37.7 Å². The van der Waals surface area contributed by atoms with E-state index in [4.69, 9.17) is 4.42 Å². The predicted octanol–water partition coefficient (Wildman–Crippen LogP) is 3.47. The summed E-state index contributed by atoms with van der Waals surface area (Å²) in [6.07, 6.45) is 1.52. The number of rotatable bonds is 5. The van der Waals surface area contributed by atoms with Gasteiger partial charge in [0, 0.05) is 6.54 Å². The molecule has 1 aromatic carbocycles. The van der Waals surface area contributed by atoms with Gasteiger partial charge in [-0.1, -0.05) is 6.07 Å². The maximum Gasteiger partial charge on any atom is 0.306 e. The molecule has 19 heavy (non-hydrogen) atoms. The van der Waals surface area contributed by atoms with Gasteiger partial charge in [-0.25, -0.2) is 4.98 Å². The monoisotopic (exact) mass is 279 g/mol. The summed E-state index contributed by atoms with van der Waals surface area (Å²) in [4.78, 5) is 15.5. The van der Waals surface area contributed by atoms with Crippen molar-refractivity contribution in [1.82, 2.24) is 4.98 Å². The first-order valence-electron chi connectivity index (χ1n) is 5.73. The van der Waals surface area contributed by atoms with Crippen LogP contribution in [0.15, 0.2) is 39.0 Å². The highest BCUT2D eigenvalue weighted by Gasteiger charge is 2.21. The van der Waals surface area contributed by atoms with Gasteiger partial charge in [0.25, 0.3) is 5.22 Å². The Morgan fingerprint density at radius 3 is 2.89 bits per heavy atom. The summed E-state index contributed by atoms with van der Waals surface area (Å²) in [5.41, 5.74) is 1.29. The lowest BCUT2D eigenvalue weighted by molar-refractivity contribution is -0.386. The number of para-hydroxylation sites is 1. The molecule has 6 nitrogen and oxygen atoms in total. The number of benzene rings is 1. The molecule has 0 saturated carbocycles. The summed E-state index contributed by atoms with van der Waals surface area (Å²) >= 11 is 1.14. The van der Waals surface area contributed by atoms with Crippen LogP contribution < -0.4 is 5.32 Å². The molecule has 0 unspecified atom stereocenters. The van der Waals surface area contributed by atoms with Crippen LogP contribution in [0.4, 0.5) is 11.4 Å². The van der Waals surface area contributed by atoms with Crippen LogP contribution in [0.25, 0.3) is 0 Å². The molecule has 0 atom stereocenters. The maximum absolute atomic E-state index is 11.2. The van der Waals surface area contributed by atoms with Crippen molar-refractivity contribution in [2.24, 2.45) is 0 Å². The molecule has 0 bridgehead atoms. The number of hydrogen-bond donors (Lipinski definition) is 1. The van der Waals surface area contributed by atoms with Crippen molar-refractivity contribution in [3.63, 3.8) is 0 Å². The number of aryl methyl sites for hydroxylation is 1. The Morgan fingerprint density at radius 1 is 1.53 bits per heavy atom. The number of nitro benzene ring substituents is 1. The quantitative estimate of drug-likeness (QED) is 0.666. The molecule has 0 amide bonds. The molecule has 0 aliphatic rings. The molecule has 0 spiro atoms. The number of hydrogen-bond acceptors (Lipinski definition) is 6. The van der Waals surface area contributed by atoms with Crippen molar-refractivity contribution in [3.05, 3.63) is 40.3 Å². The zero-order valence-electron chi connectivity index (χ0n) is 10.5. The van der Waals surface area contributed by atoms with E-state index in [9.17, 15) is 10.1 Å². The predicted molar refractivity (Wildman–Crippen MR) is 72.6 cm³/mol. The minimum absolute atomic E-state index is 0.0465. The third kappa shape index (κ3) is 3.05. The van der Waals surface area contributed by atoms with E-state index in [-0.39, 0.29) is 5.69 Å². The largest absolute Gasteiger partial charge is 0.439 e. The SMILES string of the molecule is CCNc1cccc(Sc2nc(C)co2)c1[N+](=O)[O-]. The van der Waals surface area contributed by atoms with Crippen LogP contribution in [0.2, 0.25) is 0 Å². The molecule has 0 aliphatic carbocycles. The molecule has 2 rings (SSSR count). The van der Waals surface area contributed by atoms with Crippen molar-refractivity contribution in [1.29, 1.82) is 0 Å². The van der Waals surface area contributed by atoms with E-state index in [1.807, 2.05) is 6.92 Å². The molecular weight excluding hydrogens is 266 g/mol. The molecule has 0 radical (unpaired) electrons. The highest BCUT2D eigenvalue weighted by Crippen LogP contribution is 2.38. The number of aromatic nitrogens is 1. The van der Waals surface area contributed by atoms with Crippen LogP contribution in [0, 0.1) is 17.0 Å². The molecule has 7 heteroatoms. The van der Waals surface area contributed by atoms with Gasteiger partial charge in [0.05, 0.1) is 15.5 Å². The first-order chi connectivity index (χ1) is 9.11. The molecule has 2 aromatic rings. The van der Waals surface area contributed by atoms with Gasteiger partial charge < -0.3 is 9.73 Å². The average Bonchev–Trinajstić information content (AvgIpc) is 2.75. The molecule has 100 valence electrons. The Balaban J connectivity index is 2.38. The van der Waals surface area contributed by atoms with Crippen molar-refractivity contribution >= 4 is 23.1 Å². The Hall–Kier alpha value is -2.02. The van der Waals surface area contributed by atoms with Gasteiger partial charge in [-0.2, -0.15) is 0 Å². The molecular formula is C12H13N3O3S. The second-order valence-corrected chi connectivity index (χ2v) is 4.79. The first kappa shape index (κ1) is 13.4. The van der Waals surface area contributed by atoms with Crippen molar-refractivity contribution in [2.75, 3.05) is 11.9 Å². The number of anilines is 1. The van der Waals surface area contributed by atoms with E-state index in [2.05, 4.69) is 10.3 Å². The second-order valence-electron chi connectivity index (χ2n) is 3.80. The smallest absolute Gasteiger partial charge is 0.306 e. The highest BCUT2D eigenvalue weighted by atomic mass is 32.2. The Labute approximate surface area is 114 Å². The number of nitrogens with one attached hydrogen (secondary N) is 1. The van der Waals surface area contributed by atoms with E-state index >= 15 is 0 Å². The third-order valence-corrected chi connectivity index (χ3v) is 3.26.